The van der Waals surface area contributed by atoms with Crippen molar-refractivity contribution in [3.8, 4) is 0 Å². The average molecular weight is 258 g/mol. The molecule has 1 heterocycles. The molecule has 1 rings (SSSR count). The monoisotopic (exact) mass is 257 g/mol. The SMILES string of the molecule is CCC(C)(C)Nc1cc(Br)nc(C)n1. The molecule has 0 bridgehead atoms. The van der Waals surface area contributed by atoms with Crippen molar-refractivity contribution in [1.82, 2.24) is 9.97 Å². The minimum atomic E-state index is 0.0697. The highest BCUT2D eigenvalue weighted by Crippen LogP contribution is 2.18. The Kier molecular flexibility index (Phi) is 3.48. The number of nitrogens with one attached hydrogen (secondary N) is 1. The summed E-state index contributed by atoms with van der Waals surface area (Å²) in [6.45, 7) is 8.33. The van der Waals surface area contributed by atoms with E-state index in [2.05, 4.69) is 52.0 Å². The van der Waals surface area contributed by atoms with Gasteiger partial charge in [0.1, 0.15) is 16.2 Å². The first-order valence-corrected chi connectivity index (χ1v) is 5.51. The topological polar surface area (TPSA) is 37.8 Å². The number of hydrogen-bond acceptors (Lipinski definition) is 3. The molecule has 0 amide bonds. The van der Waals surface area contributed by atoms with E-state index in [0.29, 0.717) is 0 Å². The van der Waals surface area contributed by atoms with Gasteiger partial charge in [0.25, 0.3) is 0 Å². The molecular formula is C10H16BrN3. The molecule has 0 atom stereocenters. The summed E-state index contributed by atoms with van der Waals surface area (Å²) in [6, 6.07) is 1.89. The minimum absolute atomic E-state index is 0.0697. The molecule has 1 aromatic rings. The standard InChI is InChI=1S/C10H16BrN3/c1-5-10(3,4)14-9-6-8(11)12-7(2)13-9/h6H,5H2,1-4H3,(H,12,13,14). The quantitative estimate of drug-likeness (QED) is 0.846. The Hall–Kier alpha value is -0.640. The highest BCUT2D eigenvalue weighted by Gasteiger charge is 2.15. The second-order valence-electron chi connectivity index (χ2n) is 3.99. The summed E-state index contributed by atoms with van der Waals surface area (Å²) in [5.41, 5.74) is 0.0697. The number of anilines is 1. The molecule has 4 heteroatoms. The summed E-state index contributed by atoms with van der Waals surface area (Å²) >= 11 is 3.35. The van der Waals surface area contributed by atoms with Gasteiger partial charge >= 0.3 is 0 Å². The number of nitrogens with zero attached hydrogens (tertiary/aromatic N) is 2. The zero-order valence-corrected chi connectivity index (χ0v) is 10.6. The zero-order chi connectivity index (χ0) is 10.8. The van der Waals surface area contributed by atoms with E-state index < -0.39 is 0 Å². The molecule has 0 radical (unpaired) electrons. The molecule has 78 valence electrons. The Bertz CT molecular complexity index is 303. The lowest BCUT2D eigenvalue weighted by Crippen LogP contribution is -2.30. The third-order valence-corrected chi connectivity index (χ3v) is 2.56. The first-order chi connectivity index (χ1) is 6.43. The van der Waals surface area contributed by atoms with Gasteiger partial charge in [-0.15, -0.1) is 0 Å². The van der Waals surface area contributed by atoms with Crippen LogP contribution in [0.15, 0.2) is 10.7 Å². The van der Waals surface area contributed by atoms with Crippen molar-refractivity contribution in [3.05, 3.63) is 16.5 Å². The average Bonchev–Trinajstić information content (AvgIpc) is 2.01. The highest BCUT2D eigenvalue weighted by molar-refractivity contribution is 9.10. The Morgan fingerprint density at radius 1 is 1.43 bits per heavy atom. The van der Waals surface area contributed by atoms with E-state index in [1.807, 2.05) is 13.0 Å². The molecule has 0 aliphatic rings. The Balaban J connectivity index is 2.87. The molecule has 1 aromatic heterocycles. The van der Waals surface area contributed by atoms with Crippen molar-refractivity contribution in [2.45, 2.75) is 39.7 Å². The molecule has 0 saturated carbocycles. The third-order valence-electron chi connectivity index (χ3n) is 2.16. The van der Waals surface area contributed by atoms with E-state index in [1.165, 1.54) is 0 Å². The van der Waals surface area contributed by atoms with Gasteiger partial charge in [0.15, 0.2) is 0 Å². The molecular weight excluding hydrogens is 242 g/mol. The lowest BCUT2D eigenvalue weighted by atomic mass is 10.0. The van der Waals surface area contributed by atoms with E-state index in [4.69, 9.17) is 0 Å². The van der Waals surface area contributed by atoms with Gasteiger partial charge < -0.3 is 5.32 Å². The van der Waals surface area contributed by atoms with Crippen LogP contribution in [0.25, 0.3) is 0 Å². The number of aromatic nitrogens is 2. The number of rotatable bonds is 3. The molecule has 0 fully saturated rings. The maximum absolute atomic E-state index is 4.31. The summed E-state index contributed by atoms with van der Waals surface area (Å²) in [5.74, 6) is 1.64. The fourth-order valence-electron chi connectivity index (χ4n) is 1.03. The van der Waals surface area contributed by atoms with Crippen LogP contribution in [0, 0.1) is 6.92 Å². The minimum Gasteiger partial charge on any atom is -0.365 e. The van der Waals surface area contributed by atoms with Crippen LogP contribution in [0.4, 0.5) is 5.82 Å². The maximum atomic E-state index is 4.31. The van der Waals surface area contributed by atoms with Gasteiger partial charge in [0.05, 0.1) is 0 Å². The summed E-state index contributed by atoms with van der Waals surface area (Å²) in [7, 11) is 0. The normalized spacial score (nSPS) is 11.5. The summed E-state index contributed by atoms with van der Waals surface area (Å²) < 4.78 is 0.819. The van der Waals surface area contributed by atoms with Crippen LogP contribution in [-0.4, -0.2) is 15.5 Å². The van der Waals surface area contributed by atoms with Crippen LogP contribution < -0.4 is 5.32 Å². The molecule has 3 nitrogen and oxygen atoms in total. The van der Waals surface area contributed by atoms with Gasteiger partial charge in [-0.05, 0) is 43.1 Å². The molecule has 0 aliphatic carbocycles. The lowest BCUT2D eigenvalue weighted by molar-refractivity contribution is 0.544. The molecule has 14 heavy (non-hydrogen) atoms. The van der Waals surface area contributed by atoms with Crippen LogP contribution in [-0.2, 0) is 0 Å². The van der Waals surface area contributed by atoms with Crippen molar-refractivity contribution in [3.63, 3.8) is 0 Å². The highest BCUT2D eigenvalue weighted by atomic mass is 79.9. The fourth-order valence-corrected chi connectivity index (χ4v) is 1.50. The van der Waals surface area contributed by atoms with Gasteiger partial charge in [-0.1, -0.05) is 6.92 Å². The van der Waals surface area contributed by atoms with Crippen molar-refractivity contribution in [1.29, 1.82) is 0 Å². The van der Waals surface area contributed by atoms with E-state index >= 15 is 0 Å². The first kappa shape index (κ1) is 11.4. The van der Waals surface area contributed by atoms with E-state index in [1.54, 1.807) is 0 Å². The van der Waals surface area contributed by atoms with Crippen LogP contribution in [0.5, 0.6) is 0 Å². The van der Waals surface area contributed by atoms with Crippen LogP contribution in [0.2, 0.25) is 0 Å². The summed E-state index contributed by atoms with van der Waals surface area (Å²) in [4.78, 5) is 8.47. The maximum Gasteiger partial charge on any atom is 0.131 e. The first-order valence-electron chi connectivity index (χ1n) is 4.72. The second kappa shape index (κ2) is 4.26. The molecule has 0 spiro atoms. The predicted octanol–water partition coefficient (Wildman–Crippen LogP) is 3.15. The Morgan fingerprint density at radius 2 is 2.07 bits per heavy atom. The van der Waals surface area contributed by atoms with Gasteiger partial charge in [0.2, 0.25) is 0 Å². The van der Waals surface area contributed by atoms with Crippen LogP contribution in [0.3, 0.4) is 0 Å². The third kappa shape index (κ3) is 3.25. The van der Waals surface area contributed by atoms with E-state index in [-0.39, 0.29) is 5.54 Å². The van der Waals surface area contributed by atoms with Crippen LogP contribution in [0.1, 0.15) is 33.0 Å². The zero-order valence-electron chi connectivity index (χ0n) is 9.06. The Labute approximate surface area is 93.5 Å². The van der Waals surface area contributed by atoms with Gasteiger partial charge in [0, 0.05) is 11.6 Å². The number of aryl methyl sites for hydroxylation is 1. The molecule has 0 aliphatic heterocycles. The predicted molar refractivity (Wildman–Crippen MR) is 62.5 cm³/mol. The largest absolute Gasteiger partial charge is 0.365 e. The van der Waals surface area contributed by atoms with Gasteiger partial charge in [-0.2, -0.15) is 0 Å². The molecule has 0 saturated heterocycles. The van der Waals surface area contributed by atoms with Crippen molar-refractivity contribution in [2.75, 3.05) is 5.32 Å². The summed E-state index contributed by atoms with van der Waals surface area (Å²) in [6.07, 6.45) is 1.05. The van der Waals surface area contributed by atoms with E-state index in [9.17, 15) is 0 Å². The number of hydrogen-bond donors (Lipinski definition) is 1. The Morgan fingerprint density at radius 3 is 2.57 bits per heavy atom. The lowest BCUT2D eigenvalue weighted by Gasteiger charge is -2.25. The molecule has 0 aromatic carbocycles. The van der Waals surface area contributed by atoms with Crippen molar-refractivity contribution in [2.24, 2.45) is 0 Å². The van der Waals surface area contributed by atoms with Crippen molar-refractivity contribution >= 4 is 21.7 Å². The molecule has 1 N–H and O–H groups in total. The fraction of sp³-hybridized carbons (Fsp3) is 0.600. The smallest absolute Gasteiger partial charge is 0.131 e. The summed E-state index contributed by atoms with van der Waals surface area (Å²) in [5, 5.41) is 3.37. The molecule has 0 unspecified atom stereocenters. The van der Waals surface area contributed by atoms with Gasteiger partial charge in [-0.25, -0.2) is 9.97 Å². The number of halogens is 1. The second-order valence-corrected chi connectivity index (χ2v) is 4.80. The van der Waals surface area contributed by atoms with Crippen LogP contribution >= 0.6 is 15.9 Å². The van der Waals surface area contributed by atoms with Crippen molar-refractivity contribution < 1.29 is 0 Å². The van der Waals surface area contributed by atoms with E-state index in [0.717, 1.165) is 22.7 Å². The van der Waals surface area contributed by atoms with Gasteiger partial charge in [-0.3, -0.25) is 0 Å².